The van der Waals surface area contributed by atoms with Gasteiger partial charge in [0.2, 0.25) is 0 Å². The van der Waals surface area contributed by atoms with Crippen LogP contribution in [-0.4, -0.2) is 11.9 Å². The third kappa shape index (κ3) is 8.01. The molecule has 36 heavy (non-hydrogen) atoms. The molecule has 1 unspecified atom stereocenters. The van der Waals surface area contributed by atoms with E-state index in [4.69, 9.17) is 4.74 Å². The second-order valence-corrected chi connectivity index (χ2v) is 9.73. The van der Waals surface area contributed by atoms with Crippen LogP contribution in [0.3, 0.4) is 0 Å². The Morgan fingerprint density at radius 1 is 0.833 bits per heavy atom. The third-order valence-corrected chi connectivity index (χ3v) is 6.78. The molecule has 0 bridgehead atoms. The molecule has 0 radical (unpaired) electrons. The minimum atomic E-state index is -0.657. The molecular weight excluding hydrogens is 555 g/mol. The fourth-order valence-corrected chi connectivity index (χ4v) is 4.98. The number of unbranched alkanes of at least 4 members (excludes halogenated alkanes) is 3. The fourth-order valence-electron chi connectivity index (χ4n) is 4.52. The largest absolute Gasteiger partial charge is 0.354 e. The van der Waals surface area contributed by atoms with Crippen LogP contribution in [0, 0.1) is 0 Å². The molecule has 1 aliphatic carbocycles. The lowest BCUT2D eigenvalue weighted by atomic mass is 9.79. The summed E-state index contributed by atoms with van der Waals surface area (Å²) in [5.41, 5.74) is 2.81. The highest BCUT2D eigenvalue weighted by atomic mass is 127. The zero-order valence-electron chi connectivity index (χ0n) is 21.2. The van der Waals surface area contributed by atoms with Crippen molar-refractivity contribution in [3.05, 3.63) is 130 Å². The van der Waals surface area contributed by atoms with E-state index in [1.807, 2.05) is 6.08 Å². The van der Waals surface area contributed by atoms with E-state index in [0.29, 0.717) is 0 Å². The van der Waals surface area contributed by atoms with E-state index in [1.165, 1.54) is 25.7 Å². The lowest BCUT2D eigenvalue weighted by Gasteiger charge is -2.38. The number of hydrogen-bond donors (Lipinski definition) is 0. The summed E-state index contributed by atoms with van der Waals surface area (Å²) in [5, 5.41) is 0. The summed E-state index contributed by atoms with van der Waals surface area (Å²) in [6.45, 7) is 2.25. The highest BCUT2D eigenvalue weighted by molar-refractivity contribution is 14.1. The molecule has 1 atom stereocenters. The second kappa shape index (κ2) is 15.6. The summed E-state index contributed by atoms with van der Waals surface area (Å²) >= 11 is 2.31. The number of ether oxygens (including phenoxy) is 1. The number of carbonyl (C=O) groups excluding carboxylic acids is 1. The standard InChI is InChI=1S/C28H31IO.C5H6O/c1-2-3-4-14-21-27(22-23-29)30-28(24-15-8-5-9-16-24,25-17-10-6-11-18-25)26-19-12-7-13-20-26;6-5-3-1-2-4-5/h5-13,15-20,22-23,27H,2-4,14,21H2,1H3;1,3H,2,4H2/b23-22+;. The molecule has 0 fully saturated rings. The quantitative estimate of drug-likeness (QED) is 0.126. The summed E-state index contributed by atoms with van der Waals surface area (Å²) in [6.07, 6.45) is 13.5. The molecule has 0 aliphatic heterocycles. The number of allylic oxidation sites excluding steroid dienone is 2. The first kappa shape index (κ1) is 28.1. The molecule has 0 saturated carbocycles. The van der Waals surface area contributed by atoms with Crippen molar-refractivity contribution in [3.63, 3.8) is 0 Å². The van der Waals surface area contributed by atoms with Gasteiger partial charge in [-0.3, -0.25) is 4.79 Å². The lowest BCUT2D eigenvalue weighted by Crippen LogP contribution is -2.36. The molecule has 0 aromatic heterocycles. The smallest absolute Gasteiger partial charge is 0.155 e. The van der Waals surface area contributed by atoms with E-state index in [2.05, 4.69) is 131 Å². The monoisotopic (exact) mass is 592 g/mol. The highest BCUT2D eigenvalue weighted by Gasteiger charge is 2.39. The van der Waals surface area contributed by atoms with Gasteiger partial charge in [-0.05, 0) is 45.8 Å². The molecule has 4 rings (SSSR count). The van der Waals surface area contributed by atoms with E-state index in [9.17, 15) is 4.79 Å². The molecule has 0 saturated heterocycles. The zero-order valence-corrected chi connectivity index (χ0v) is 23.3. The van der Waals surface area contributed by atoms with Gasteiger partial charge in [-0.25, -0.2) is 0 Å². The van der Waals surface area contributed by atoms with Gasteiger partial charge in [-0.2, -0.15) is 0 Å². The van der Waals surface area contributed by atoms with Crippen molar-refractivity contribution in [3.8, 4) is 0 Å². The van der Waals surface area contributed by atoms with Crippen LogP contribution >= 0.6 is 22.6 Å². The predicted molar refractivity (Wildman–Crippen MR) is 159 cm³/mol. The molecule has 1 aliphatic rings. The number of halogens is 1. The topological polar surface area (TPSA) is 26.3 Å². The summed E-state index contributed by atoms with van der Waals surface area (Å²) in [6, 6.07) is 31.9. The van der Waals surface area contributed by atoms with Gasteiger partial charge in [-0.15, -0.1) is 0 Å². The SMILES string of the molecule is CCCCCCC(/C=C/I)OC(c1ccccc1)(c1ccccc1)c1ccccc1.O=C1C=CCC1. The Bertz CT molecular complexity index is 978. The summed E-state index contributed by atoms with van der Waals surface area (Å²) in [4.78, 5) is 10.2. The van der Waals surface area contributed by atoms with Gasteiger partial charge < -0.3 is 4.74 Å². The van der Waals surface area contributed by atoms with Crippen LogP contribution in [0.2, 0.25) is 0 Å². The molecule has 0 heterocycles. The molecule has 0 N–H and O–H groups in total. The van der Waals surface area contributed by atoms with E-state index in [1.54, 1.807) is 6.08 Å². The number of carbonyl (C=O) groups is 1. The van der Waals surface area contributed by atoms with Gasteiger partial charge in [0.25, 0.3) is 0 Å². The highest BCUT2D eigenvalue weighted by Crippen LogP contribution is 2.42. The van der Waals surface area contributed by atoms with Gasteiger partial charge in [0.15, 0.2) is 5.78 Å². The maximum absolute atomic E-state index is 10.2. The van der Waals surface area contributed by atoms with Crippen molar-refractivity contribution in [1.82, 2.24) is 0 Å². The number of rotatable bonds is 11. The van der Waals surface area contributed by atoms with Crippen LogP contribution in [0.5, 0.6) is 0 Å². The molecule has 0 spiro atoms. The first-order chi connectivity index (χ1) is 17.7. The van der Waals surface area contributed by atoms with E-state index in [0.717, 1.165) is 36.0 Å². The maximum atomic E-state index is 10.2. The van der Waals surface area contributed by atoms with Crippen molar-refractivity contribution < 1.29 is 9.53 Å². The Kier molecular flexibility index (Phi) is 12.1. The van der Waals surface area contributed by atoms with Crippen LogP contribution in [0.25, 0.3) is 0 Å². The normalized spacial score (nSPS) is 14.0. The molecule has 188 valence electrons. The van der Waals surface area contributed by atoms with Crippen molar-refractivity contribution >= 4 is 28.4 Å². The van der Waals surface area contributed by atoms with Gasteiger partial charge >= 0.3 is 0 Å². The summed E-state index contributed by atoms with van der Waals surface area (Å²) in [7, 11) is 0. The molecule has 3 heteroatoms. The molecule has 2 nitrogen and oxygen atoms in total. The van der Waals surface area contributed by atoms with Crippen molar-refractivity contribution in [2.45, 2.75) is 63.6 Å². The lowest BCUT2D eigenvalue weighted by molar-refractivity contribution is -0.114. The average molecular weight is 593 g/mol. The average Bonchev–Trinajstić information content (AvgIpc) is 3.42. The minimum absolute atomic E-state index is 0.0411. The number of hydrogen-bond acceptors (Lipinski definition) is 2. The first-order valence-electron chi connectivity index (χ1n) is 13.0. The summed E-state index contributed by atoms with van der Waals surface area (Å²) in [5.74, 6) is 0.273. The maximum Gasteiger partial charge on any atom is 0.155 e. The Morgan fingerprint density at radius 2 is 1.36 bits per heavy atom. The van der Waals surface area contributed by atoms with Crippen LogP contribution in [-0.2, 0) is 15.1 Å². The Labute approximate surface area is 230 Å². The second-order valence-electron chi connectivity index (χ2n) is 9.01. The number of benzene rings is 3. The van der Waals surface area contributed by atoms with Crippen molar-refractivity contribution in [1.29, 1.82) is 0 Å². The molecular formula is C33H37IO2. The van der Waals surface area contributed by atoms with Crippen LogP contribution in [0.15, 0.2) is 113 Å². The first-order valence-corrected chi connectivity index (χ1v) is 14.3. The van der Waals surface area contributed by atoms with E-state index < -0.39 is 5.60 Å². The molecule has 3 aromatic carbocycles. The molecule has 0 amide bonds. The van der Waals surface area contributed by atoms with Crippen molar-refractivity contribution in [2.75, 3.05) is 0 Å². The third-order valence-electron chi connectivity index (χ3n) is 6.36. The van der Waals surface area contributed by atoms with Crippen molar-refractivity contribution in [2.24, 2.45) is 0 Å². The van der Waals surface area contributed by atoms with Gasteiger partial charge in [0.05, 0.1) is 6.10 Å². The van der Waals surface area contributed by atoms with Crippen LogP contribution < -0.4 is 0 Å². The van der Waals surface area contributed by atoms with Gasteiger partial charge in [-0.1, -0.05) is 152 Å². The number of ketones is 1. The Morgan fingerprint density at radius 3 is 1.72 bits per heavy atom. The predicted octanol–water partition coefficient (Wildman–Crippen LogP) is 9.19. The fraction of sp³-hybridized carbons (Fsp3) is 0.303. The van der Waals surface area contributed by atoms with E-state index in [-0.39, 0.29) is 11.9 Å². The van der Waals surface area contributed by atoms with Gasteiger partial charge in [0, 0.05) is 6.42 Å². The zero-order chi connectivity index (χ0) is 25.5. The minimum Gasteiger partial charge on any atom is -0.354 e. The molecule has 3 aromatic rings. The van der Waals surface area contributed by atoms with Gasteiger partial charge in [0.1, 0.15) is 5.60 Å². The Balaban J connectivity index is 0.000000526. The van der Waals surface area contributed by atoms with Crippen LogP contribution in [0.1, 0.15) is 68.6 Å². The van der Waals surface area contributed by atoms with Crippen LogP contribution in [0.4, 0.5) is 0 Å². The summed E-state index contributed by atoms with van der Waals surface area (Å²) < 4.78 is 9.22. The van der Waals surface area contributed by atoms with E-state index >= 15 is 0 Å². The Hall–Kier alpha value is -2.50.